The molecule has 0 saturated carbocycles. The monoisotopic (exact) mass is 686 g/mol. The molecule has 1 aliphatic rings. The zero-order valence-corrected chi connectivity index (χ0v) is 29.0. The van der Waals surface area contributed by atoms with Crippen LogP contribution in [-0.4, -0.2) is 68.5 Å². The third-order valence-electron chi connectivity index (χ3n) is 9.63. The van der Waals surface area contributed by atoms with Crippen molar-refractivity contribution in [2.24, 2.45) is 5.92 Å². The number of benzene rings is 3. The highest BCUT2D eigenvalue weighted by atomic mass is 19.1. The van der Waals surface area contributed by atoms with E-state index in [1.165, 1.54) is 18.5 Å². The fraction of sp³-hybridized carbons (Fsp3) is 0.405. The van der Waals surface area contributed by atoms with Gasteiger partial charge in [-0.25, -0.2) is 32.5 Å². The van der Waals surface area contributed by atoms with E-state index in [0.717, 1.165) is 49.3 Å². The average Bonchev–Trinajstić information content (AvgIpc) is 3.79. The van der Waals surface area contributed by atoms with Gasteiger partial charge in [0.1, 0.15) is 48.6 Å². The molecule has 6 rings (SSSR count). The van der Waals surface area contributed by atoms with Crippen molar-refractivity contribution in [3.8, 4) is 11.4 Å². The lowest BCUT2D eigenvalue weighted by Gasteiger charge is -2.37. The standard InChI is InChI=1S/C37H44F2N8O3/c1-5-37(23-45-25-40-24-41-45,34-15-6-29(38)22-35(34)39)50-21-20-49-33-13-11-31(12-14-33)44-18-16-43(17-19-44)30-7-9-32(10-8-30)46-26-42-47(36(46)48)28(4)27(2)3/h6-15,22,24-28H,5,16-21,23H2,1-4H3. The molecule has 1 aliphatic heterocycles. The minimum atomic E-state index is -1.08. The SMILES string of the molecule is CCC(Cn1cncn1)(OCCOc1ccc(N2CCN(c3ccc(-n4cnn(C(C)C(C)C)c4=O)cc3)CC2)cc1)c1ccc(F)cc1F. The smallest absolute Gasteiger partial charge is 0.350 e. The van der Waals surface area contributed by atoms with Crippen LogP contribution in [0.1, 0.15) is 45.7 Å². The van der Waals surface area contributed by atoms with Crippen molar-refractivity contribution in [3.05, 3.63) is 113 Å². The summed E-state index contributed by atoms with van der Waals surface area (Å²) in [6, 6.07) is 19.6. The Bertz CT molecular complexity index is 1890. The number of piperazine rings is 1. The van der Waals surface area contributed by atoms with Crippen LogP contribution in [0.25, 0.3) is 5.69 Å². The largest absolute Gasteiger partial charge is 0.491 e. The van der Waals surface area contributed by atoms with Gasteiger partial charge in [-0.2, -0.15) is 10.2 Å². The molecule has 0 radical (unpaired) electrons. The maximum atomic E-state index is 14.9. The predicted molar refractivity (Wildman–Crippen MR) is 188 cm³/mol. The first-order chi connectivity index (χ1) is 24.2. The summed E-state index contributed by atoms with van der Waals surface area (Å²) in [6.45, 7) is 12.2. The van der Waals surface area contributed by atoms with Gasteiger partial charge in [0, 0.05) is 49.2 Å². The summed E-state index contributed by atoms with van der Waals surface area (Å²) in [6.07, 6.45) is 4.97. The number of ether oxygens (including phenoxy) is 2. The van der Waals surface area contributed by atoms with Crippen molar-refractivity contribution in [3.63, 3.8) is 0 Å². The first-order valence-electron chi connectivity index (χ1n) is 17.1. The van der Waals surface area contributed by atoms with Gasteiger partial charge in [0.05, 0.1) is 24.9 Å². The highest BCUT2D eigenvalue weighted by molar-refractivity contribution is 5.54. The Balaban J connectivity index is 1.01. The molecule has 2 atom stereocenters. The van der Waals surface area contributed by atoms with Crippen molar-refractivity contribution in [2.45, 2.75) is 52.3 Å². The molecular weight excluding hydrogens is 642 g/mol. The molecule has 264 valence electrons. The number of aromatic nitrogens is 6. The molecule has 11 nitrogen and oxygen atoms in total. The predicted octanol–water partition coefficient (Wildman–Crippen LogP) is 5.85. The summed E-state index contributed by atoms with van der Waals surface area (Å²) in [7, 11) is 0. The van der Waals surface area contributed by atoms with E-state index in [2.05, 4.69) is 51.0 Å². The number of halogens is 2. The van der Waals surface area contributed by atoms with Gasteiger partial charge in [-0.3, -0.25) is 0 Å². The first kappa shape index (κ1) is 34.8. The molecule has 0 aliphatic carbocycles. The molecule has 0 spiro atoms. The fourth-order valence-electron chi connectivity index (χ4n) is 6.30. The fourth-order valence-corrected chi connectivity index (χ4v) is 6.30. The van der Waals surface area contributed by atoms with Crippen molar-refractivity contribution < 1.29 is 18.3 Å². The van der Waals surface area contributed by atoms with E-state index in [-0.39, 0.29) is 37.1 Å². The topological polar surface area (TPSA) is 95.5 Å². The van der Waals surface area contributed by atoms with E-state index in [0.29, 0.717) is 18.1 Å². The van der Waals surface area contributed by atoms with Crippen LogP contribution in [0.5, 0.6) is 5.75 Å². The maximum absolute atomic E-state index is 14.9. The van der Waals surface area contributed by atoms with Gasteiger partial charge >= 0.3 is 5.69 Å². The normalized spacial score (nSPS) is 15.3. The number of hydrogen-bond donors (Lipinski definition) is 0. The molecule has 1 saturated heterocycles. The summed E-state index contributed by atoms with van der Waals surface area (Å²) in [5.74, 6) is -0.307. The van der Waals surface area contributed by atoms with Crippen molar-refractivity contribution >= 4 is 11.4 Å². The highest BCUT2D eigenvalue weighted by Gasteiger charge is 2.35. The minimum absolute atomic E-state index is 0.0228. The lowest BCUT2D eigenvalue weighted by Crippen LogP contribution is -2.46. The van der Waals surface area contributed by atoms with Crippen LogP contribution < -0.4 is 20.2 Å². The first-order valence-corrected chi connectivity index (χ1v) is 17.1. The van der Waals surface area contributed by atoms with Gasteiger partial charge in [0.15, 0.2) is 0 Å². The second-order valence-corrected chi connectivity index (χ2v) is 13.0. The van der Waals surface area contributed by atoms with E-state index in [9.17, 15) is 13.6 Å². The molecule has 3 heterocycles. The number of nitrogens with zero attached hydrogens (tertiary/aromatic N) is 8. The number of anilines is 2. The van der Waals surface area contributed by atoms with E-state index in [1.54, 1.807) is 26.6 Å². The van der Waals surface area contributed by atoms with E-state index in [1.807, 2.05) is 50.2 Å². The second kappa shape index (κ2) is 15.2. The summed E-state index contributed by atoms with van der Waals surface area (Å²) in [5, 5.41) is 8.50. The molecule has 2 aromatic heterocycles. The molecule has 0 amide bonds. The van der Waals surface area contributed by atoms with Crippen molar-refractivity contribution in [1.29, 1.82) is 0 Å². The lowest BCUT2D eigenvalue weighted by molar-refractivity contribution is -0.0788. The molecule has 0 bridgehead atoms. The van der Waals surface area contributed by atoms with Gasteiger partial charge in [-0.1, -0.05) is 26.8 Å². The summed E-state index contributed by atoms with van der Waals surface area (Å²) in [4.78, 5) is 21.6. The lowest BCUT2D eigenvalue weighted by atomic mass is 9.90. The molecule has 1 fully saturated rings. The maximum Gasteiger partial charge on any atom is 0.350 e. The van der Waals surface area contributed by atoms with E-state index < -0.39 is 17.2 Å². The molecule has 3 aromatic carbocycles. The Morgan fingerprint density at radius 2 is 1.46 bits per heavy atom. The average molecular weight is 687 g/mol. The van der Waals surface area contributed by atoms with Gasteiger partial charge in [0.25, 0.3) is 0 Å². The Morgan fingerprint density at radius 3 is 2.04 bits per heavy atom. The van der Waals surface area contributed by atoms with Gasteiger partial charge < -0.3 is 19.3 Å². The highest BCUT2D eigenvalue weighted by Crippen LogP contribution is 2.34. The second-order valence-electron chi connectivity index (χ2n) is 13.0. The third-order valence-corrected chi connectivity index (χ3v) is 9.63. The summed E-state index contributed by atoms with van der Waals surface area (Å²) < 4.78 is 45.7. The van der Waals surface area contributed by atoms with E-state index in [4.69, 9.17) is 9.47 Å². The Labute approximate surface area is 290 Å². The number of hydrogen-bond acceptors (Lipinski definition) is 8. The molecule has 5 aromatic rings. The van der Waals surface area contributed by atoms with Crippen LogP contribution >= 0.6 is 0 Å². The zero-order chi connectivity index (χ0) is 35.3. The Kier molecular flexibility index (Phi) is 10.6. The zero-order valence-electron chi connectivity index (χ0n) is 29.0. The van der Waals surface area contributed by atoms with Gasteiger partial charge in [0.2, 0.25) is 0 Å². The summed E-state index contributed by atoms with van der Waals surface area (Å²) >= 11 is 0. The Morgan fingerprint density at radius 1 is 0.820 bits per heavy atom. The summed E-state index contributed by atoms with van der Waals surface area (Å²) in [5.41, 5.74) is 2.07. The number of rotatable bonds is 14. The van der Waals surface area contributed by atoms with Gasteiger partial charge in [-0.05, 0) is 73.9 Å². The quantitative estimate of drug-likeness (QED) is 0.134. The van der Waals surface area contributed by atoms with Crippen LogP contribution in [0.15, 0.2) is 90.5 Å². The molecular formula is C37H44F2N8O3. The van der Waals surface area contributed by atoms with Crippen LogP contribution in [-0.2, 0) is 16.9 Å². The minimum Gasteiger partial charge on any atom is -0.491 e. The van der Waals surface area contributed by atoms with Crippen LogP contribution in [0.4, 0.5) is 20.2 Å². The Hall–Kier alpha value is -5.04. The molecule has 50 heavy (non-hydrogen) atoms. The van der Waals surface area contributed by atoms with Crippen molar-refractivity contribution in [2.75, 3.05) is 49.2 Å². The molecule has 0 N–H and O–H groups in total. The molecule has 2 unspecified atom stereocenters. The van der Waals surface area contributed by atoms with E-state index >= 15 is 0 Å². The molecule has 13 heteroatoms. The van der Waals surface area contributed by atoms with Crippen LogP contribution in [0, 0.1) is 17.6 Å². The van der Waals surface area contributed by atoms with Gasteiger partial charge in [-0.15, -0.1) is 0 Å². The van der Waals surface area contributed by atoms with Crippen molar-refractivity contribution in [1.82, 2.24) is 29.1 Å². The third kappa shape index (κ3) is 7.57. The van der Waals surface area contributed by atoms with Crippen LogP contribution in [0.3, 0.4) is 0 Å². The van der Waals surface area contributed by atoms with Crippen LogP contribution in [0.2, 0.25) is 0 Å².